The molecule has 1 saturated carbocycles. The van der Waals surface area contributed by atoms with Crippen LogP contribution < -0.4 is 5.73 Å². The van der Waals surface area contributed by atoms with Gasteiger partial charge in [0.1, 0.15) is 15.4 Å². The molecule has 0 spiro atoms. The highest BCUT2D eigenvalue weighted by atomic mass is 32.2. The predicted molar refractivity (Wildman–Crippen MR) is 73.5 cm³/mol. The summed E-state index contributed by atoms with van der Waals surface area (Å²) < 4.78 is 27.1. The van der Waals surface area contributed by atoms with Crippen molar-refractivity contribution in [3.63, 3.8) is 0 Å². The van der Waals surface area contributed by atoms with Gasteiger partial charge in [0.15, 0.2) is 0 Å². The van der Waals surface area contributed by atoms with Crippen LogP contribution in [0.1, 0.15) is 25.7 Å². The van der Waals surface area contributed by atoms with Crippen LogP contribution in [0.5, 0.6) is 0 Å². The van der Waals surface area contributed by atoms with E-state index in [4.69, 9.17) is 10.5 Å². The molecule has 0 aromatic rings. The lowest BCUT2D eigenvalue weighted by Crippen LogP contribution is -2.56. The molecule has 19 heavy (non-hydrogen) atoms. The summed E-state index contributed by atoms with van der Waals surface area (Å²) in [4.78, 5) is 13.7. The van der Waals surface area contributed by atoms with Crippen LogP contribution >= 0.6 is 0 Å². The van der Waals surface area contributed by atoms with Gasteiger partial charge in [0.05, 0.1) is 12.9 Å². The SMILES string of the molecule is COC(=O)C1(N)CCCC(N(C)CCS(C)(=O)=O)C1. The zero-order chi connectivity index (χ0) is 14.7. The average Bonchev–Trinajstić information content (AvgIpc) is 2.34. The highest BCUT2D eigenvalue weighted by molar-refractivity contribution is 7.90. The van der Waals surface area contributed by atoms with E-state index in [1.807, 2.05) is 11.9 Å². The largest absolute Gasteiger partial charge is 0.468 e. The monoisotopic (exact) mass is 292 g/mol. The summed E-state index contributed by atoms with van der Waals surface area (Å²) in [5.41, 5.74) is 5.17. The smallest absolute Gasteiger partial charge is 0.325 e. The Labute approximate surface area is 115 Å². The molecular weight excluding hydrogens is 268 g/mol. The number of ether oxygens (including phenoxy) is 1. The van der Waals surface area contributed by atoms with Crippen LogP contribution in [-0.4, -0.2) is 63.6 Å². The van der Waals surface area contributed by atoms with Crippen molar-refractivity contribution in [2.45, 2.75) is 37.3 Å². The Kier molecular flexibility index (Phi) is 5.34. The van der Waals surface area contributed by atoms with Gasteiger partial charge in [0.25, 0.3) is 0 Å². The molecule has 1 aliphatic carbocycles. The molecule has 0 aromatic carbocycles. The number of sulfone groups is 1. The molecule has 0 aromatic heterocycles. The summed E-state index contributed by atoms with van der Waals surface area (Å²) in [6.07, 6.45) is 4.13. The van der Waals surface area contributed by atoms with E-state index >= 15 is 0 Å². The zero-order valence-electron chi connectivity index (χ0n) is 11.9. The van der Waals surface area contributed by atoms with E-state index in [0.29, 0.717) is 19.4 Å². The van der Waals surface area contributed by atoms with Crippen molar-refractivity contribution >= 4 is 15.8 Å². The second kappa shape index (κ2) is 6.19. The molecule has 2 N–H and O–H groups in total. The fraction of sp³-hybridized carbons (Fsp3) is 0.917. The standard InChI is InChI=1S/C12H24N2O4S/c1-14(7-8-19(3,16)17)10-5-4-6-12(13,9-10)11(15)18-2/h10H,4-9,13H2,1-3H3. The Morgan fingerprint density at radius 1 is 1.53 bits per heavy atom. The lowest BCUT2D eigenvalue weighted by Gasteiger charge is -2.39. The van der Waals surface area contributed by atoms with Gasteiger partial charge >= 0.3 is 5.97 Å². The first-order valence-electron chi connectivity index (χ1n) is 6.43. The third-order valence-electron chi connectivity index (χ3n) is 3.79. The molecule has 1 rings (SSSR count). The Hall–Kier alpha value is -0.660. The maximum atomic E-state index is 11.7. The number of hydrogen-bond acceptors (Lipinski definition) is 6. The maximum absolute atomic E-state index is 11.7. The minimum absolute atomic E-state index is 0.121. The van der Waals surface area contributed by atoms with Gasteiger partial charge in [-0.25, -0.2) is 8.42 Å². The van der Waals surface area contributed by atoms with Crippen molar-refractivity contribution in [2.24, 2.45) is 5.73 Å². The molecule has 0 saturated heterocycles. The number of methoxy groups -OCH3 is 1. The molecule has 2 unspecified atom stereocenters. The van der Waals surface area contributed by atoms with Crippen molar-refractivity contribution in [3.05, 3.63) is 0 Å². The van der Waals surface area contributed by atoms with Crippen molar-refractivity contribution in [1.29, 1.82) is 0 Å². The minimum Gasteiger partial charge on any atom is -0.468 e. The number of carbonyl (C=O) groups excluding carboxylic acids is 1. The summed E-state index contributed by atoms with van der Waals surface area (Å²) in [5.74, 6) is -0.260. The summed E-state index contributed by atoms with van der Waals surface area (Å²) in [6, 6.07) is 0.125. The third-order valence-corrected chi connectivity index (χ3v) is 4.71. The maximum Gasteiger partial charge on any atom is 0.325 e. The third kappa shape index (κ3) is 4.74. The molecule has 0 bridgehead atoms. The van der Waals surface area contributed by atoms with Gasteiger partial charge in [-0.05, 0) is 32.7 Å². The van der Waals surface area contributed by atoms with Gasteiger partial charge in [0, 0.05) is 18.8 Å². The predicted octanol–water partition coefficient (Wildman–Crippen LogP) is -0.224. The van der Waals surface area contributed by atoms with Crippen LogP contribution in [0, 0.1) is 0 Å². The zero-order valence-corrected chi connectivity index (χ0v) is 12.7. The number of carbonyl (C=O) groups is 1. The van der Waals surface area contributed by atoms with E-state index in [0.717, 1.165) is 12.8 Å². The van der Waals surface area contributed by atoms with Gasteiger partial charge in [-0.2, -0.15) is 0 Å². The van der Waals surface area contributed by atoms with Crippen molar-refractivity contribution < 1.29 is 17.9 Å². The number of nitrogens with two attached hydrogens (primary N) is 1. The molecule has 7 heteroatoms. The van der Waals surface area contributed by atoms with Gasteiger partial charge in [0.2, 0.25) is 0 Å². The number of esters is 1. The summed E-state index contributed by atoms with van der Waals surface area (Å²) in [5, 5.41) is 0. The quantitative estimate of drug-likeness (QED) is 0.704. The fourth-order valence-corrected chi connectivity index (χ4v) is 3.15. The van der Waals surface area contributed by atoms with Crippen LogP contribution in [-0.2, 0) is 19.4 Å². The molecule has 0 aliphatic heterocycles. The van der Waals surface area contributed by atoms with Gasteiger partial charge in [-0.1, -0.05) is 0 Å². The Morgan fingerprint density at radius 3 is 2.68 bits per heavy atom. The van der Waals surface area contributed by atoms with Gasteiger partial charge < -0.3 is 15.4 Å². The molecular formula is C12H24N2O4S. The lowest BCUT2D eigenvalue weighted by atomic mass is 9.79. The molecule has 112 valence electrons. The van der Waals surface area contributed by atoms with E-state index in [9.17, 15) is 13.2 Å². The van der Waals surface area contributed by atoms with Crippen LogP contribution in [0.2, 0.25) is 0 Å². The number of hydrogen-bond donors (Lipinski definition) is 1. The first kappa shape index (κ1) is 16.4. The van der Waals surface area contributed by atoms with E-state index in [-0.39, 0.29) is 17.8 Å². The first-order chi connectivity index (χ1) is 8.68. The van der Waals surface area contributed by atoms with Crippen LogP contribution in [0.3, 0.4) is 0 Å². The molecule has 6 nitrogen and oxygen atoms in total. The van der Waals surface area contributed by atoms with E-state index in [1.54, 1.807) is 0 Å². The van der Waals surface area contributed by atoms with Crippen molar-refractivity contribution in [1.82, 2.24) is 4.90 Å². The van der Waals surface area contributed by atoms with E-state index in [2.05, 4.69) is 0 Å². The molecule has 1 fully saturated rings. The van der Waals surface area contributed by atoms with Crippen LogP contribution in [0.25, 0.3) is 0 Å². The van der Waals surface area contributed by atoms with Crippen molar-refractivity contribution in [3.8, 4) is 0 Å². The number of nitrogens with zero attached hydrogens (tertiary/aromatic N) is 1. The molecule has 1 aliphatic rings. The fourth-order valence-electron chi connectivity index (χ4n) is 2.53. The number of rotatable bonds is 5. The highest BCUT2D eigenvalue weighted by Gasteiger charge is 2.41. The average molecular weight is 292 g/mol. The lowest BCUT2D eigenvalue weighted by molar-refractivity contribution is -0.149. The second-order valence-electron chi connectivity index (χ2n) is 5.51. The summed E-state index contributed by atoms with van der Waals surface area (Å²) >= 11 is 0. The van der Waals surface area contributed by atoms with Crippen LogP contribution in [0.4, 0.5) is 0 Å². The molecule has 0 heterocycles. The topological polar surface area (TPSA) is 89.7 Å². The van der Waals surface area contributed by atoms with Crippen LogP contribution in [0.15, 0.2) is 0 Å². The van der Waals surface area contributed by atoms with Crippen molar-refractivity contribution in [2.75, 3.05) is 32.7 Å². The van der Waals surface area contributed by atoms with E-state index in [1.165, 1.54) is 13.4 Å². The highest BCUT2D eigenvalue weighted by Crippen LogP contribution is 2.29. The van der Waals surface area contributed by atoms with Gasteiger partial charge in [-0.3, -0.25) is 4.79 Å². The normalized spacial score (nSPS) is 28.4. The van der Waals surface area contributed by atoms with Gasteiger partial charge in [-0.15, -0.1) is 0 Å². The second-order valence-corrected chi connectivity index (χ2v) is 7.77. The minimum atomic E-state index is -2.97. The first-order valence-corrected chi connectivity index (χ1v) is 8.49. The Bertz CT molecular complexity index is 423. The Morgan fingerprint density at radius 2 is 2.16 bits per heavy atom. The van der Waals surface area contributed by atoms with E-state index < -0.39 is 15.4 Å². The summed E-state index contributed by atoms with van der Waals surface area (Å²) in [6.45, 7) is 0.459. The summed E-state index contributed by atoms with van der Waals surface area (Å²) in [7, 11) is 0.243. The molecule has 0 amide bonds. The molecule has 2 atom stereocenters. The Balaban J connectivity index is 2.61. The molecule has 0 radical (unpaired) electrons.